The summed E-state index contributed by atoms with van der Waals surface area (Å²) >= 11 is 0. The Kier molecular flexibility index (Phi) is 12.3. The fraction of sp³-hybridized carbons (Fsp3) is 0.288. The smallest absolute Gasteiger partial charge is 0.148 e. The van der Waals surface area contributed by atoms with Crippen molar-refractivity contribution >= 4 is 11.0 Å². The monoisotopic (exact) mass is 1020 g/mol. The molecule has 0 atom stereocenters. The van der Waals surface area contributed by atoms with Crippen LogP contribution in [0.4, 0.5) is 0 Å². The first-order valence-corrected chi connectivity index (χ1v) is 22.2. The summed E-state index contributed by atoms with van der Waals surface area (Å²) in [5.74, 6) is 0.0107. The topological polar surface area (TPSA) is 50.9 Å². The number of phenols is 1. The normalized spacial score (nSPS) is 12.6. The summed E-state index contributed by atoms with van der Waals surface area (Å²) in [4.78, 5) is 10.5. The maximum absolute atomic E-state index is 11.9. The van der Waals surface area contributed by atoms with Crippen LogP contribution in [-0.2, 0) is 37.3 Å². The van der Waals surface area contributed by atoms with Crippen molar-refractivity contribution in [1.29, 1.82) is 0 Å². The van der Waals surface area contributed by atoms with Gasteiger partial charge in [0.2, 0.25) is 0 Å². The molecule has 4 nitrogen and oxygen atoms in total. The van der Waals surface area contributed by atoms with E-state index in [1.54, 1.807) is 0 Å². The van der Waals surface area contributed by atoms with E-state index in [-0.39, 0.29) is 43.1 Å². The molecule has 330 valence electrons. The molecule has 2 aromatic heterocycles. The van der Waals surface area contributed by atoms with Gasteiger partial charge in [-0.25, -0.2) is 4.98 Å². The SMILES string of the molecule is [2H]C(C)(C)c1ccc(-n2c(-c3cc(C)cc(C)c3O)nc3c(-c4[c-]c(-c5cc(-c6ccc(C(C)(C)C)cc6)ccn5)cc(C(C)(C)C)c4)cccc32)c(-c2ccc(C(C)(C)C)cc2)c1.[Pt]. The molecule has 0 aliphatic carbocycles. The summed E-state index contributed by atoms with van der Waals surface area (Å²) in [6, 6.07) is 46.9. The molecule has 1 N–H and O–H groups in total. The van der Waals surface area contributed by atoms with Crippen LogP contribution in [0.3, 0.4) is 0 Å². The number of fused-ring (bicyclic) bond motifs is 1. The van der Waals surface area contributed by atoms with E-state index in [9.17, 15) is 5.11 Å². The third kappa shape index (κ3) is 9.18. The maximum Gasteiger partial charge on any atom is 0.148 e. The first kappa shape index (κ1) is 45.0. The molecule has 0 aliphatic heterocycles. The van der Waals surface area contributed by atoms with Gasteiger partial charge in [-0.1, -0.05) is 166 Å². The molecule has 0 spiro atoms. The third-order valence-corrected chi connectivity index (χ3v) is 12.4. The number of benzene rings is 6. The molecule has 0 unspecified atom stereocenters. The van der Waals surface area contributed by atoms with Crippen LogP contribution in [-0.4, -0.2) is 19.6 Å². The van der Waals surface area contributed by atoms with E-state index < -0.39 is 5.89 Å². The van der Waals surface area contributed by atoms with Gasteiger partial charge in [-0.3, -0.25) is 9.55 Å². The van der Waals surface area contributed by atoms with E-state index in [2.05, 4.69) is 189 Å². The second-order valence-corrected chi connectivity index (χ2v) is 20.7. The Labute approximate surface area is 397 Å². The van der Waals surface area contributed by atoms with Crippen LogP contribution in [0.15, 0.2) is 128 Å². The zero-order chi connectivity index (χ0) is 46.1. The van der Waals surface area contributed by atoms with Crippen LogP contribution in [0.25, 0.3) is 72.7 Å². The molecule has 2 heterocycles. The molecule has 0 fully saturated rings. The molecular weight excluding hydrogens is 962 g/mol. The molecule has 0 saturated carbocycles. The van der Waals surface area contributed by atoms with Crippen LogP contribution < -0.4 is 0 Å². The van der Waals surface area contributed by atoms with Crippen LogP contribution in [0.1, 0.15) is 117 Å². The number of aromatic nitrogens is 3. The van der Waals surface area contributed by atoms with E-state index in [4.69, 9.17) is 11.3 Å². The van der Waals surface area contributed by atoms with Gasteiger partial charge in [-0.2, -0.15) is 0 Å². The number of imidazole rings is 1. The largest absolute Gasteiger partial charge is 0.507 e. The minimum absolute atomic E-state index is 0. The molecule has 0 saturated heterocycles. The summed E-state index contributed by atoms with van der Waals surface area (Å²) < 4.78 is 11.3. The fourth-order valence-electron chi connectivity index (χ4n) is 8.50. The fourth-order valence-corrected chi connectivity index (χ4v) is 8.50. The van der Waals surface area contributed by atoms with Gasteiger partial charge >= 0.3 is 0 Å². The van der Waals surface area contributed by atoms with E-state index in [0.717, 1.165) is 83.6 Å². The van der Waals surface area contributed by atoms with E-state index >= 15 is 0 Å². The number of nitrogens with zero attached hydrogens (tertiary/aromatic N) is 3. The Bertz CT molecular complexity index is 3040. The van der Waals surface area contributed by atoms with Gasteiger partial charge < -0.3 is 5.11 Å². The summed E-state index contributed by atoms with van der Waals surface area (Å²) in [6.45, 7) is 28.0. The molecule has 6 aromatic carbocycles. The summed E-state index contributed by atoms with van der Waals surface area (Å²) in [7, 11) is 0. The first-order chi connectivity index (χ1) is 30.0. The number of hydrogen-bond donors (Lipinski definition) is 1. The van der Waals surface area contributed by atoms with Gasteiger partial charge in [0.15, 0.2) is 0 Å². The average molecular weight is 1030 g/mol. The molecule has 8 rings (SSSR count). The number of pyridine rings is 1. The number of aryl methyl sites for hydroxylation is 2. The van der Waals surface area contributed by atoms with Gasteiger partial charge in [0, 0.05) is 39.9 Å². The Hall–Kier alpha value is -5.57. The molecular formula is C59H62N3OPt-. The molecule has 0 amide bonds. The number of hydrogen-bond acceptors (Lipinski definition) is 3. The van der Waals surface area contributed by atoms with Crippen molar-refractivity contribution in [2.75, 3.05) is 0 Å². The van der Waals surface area contributed by atoms with Gasteiger partial charge in [-0.05, 0) is 111 Å². The predicted octanol–water partition coefficient (Wildman–Crippen LogP) is 15.9. The number of aromatic hydroxyl groups is 1. The summed E-state index contributed by atoms with van der Waals surface area (Å²) in [5.41, 5.74) is 17.5. The average Bonchev–Trinajstić information content (AvgIpc) is 3.63. The maximum atomic E-state index is 11.9. The third-order valence-electron chi connectivity index (χ3n) is 12.4. The van der Waals surface area contributed by atoms with Crippen LogP contribution in [0.5, 0.6) is 5.75 Å². The van der Waals surface area contributed by atoms with Crippen molar-refractivity contribution in [3.8, 4) is 67.5 Å². The quantitative estimate of drug-likeness (QED) is 0.162. The van der Waals surface area contributed by atoms with Crippen molar-refractivity contribution in [3.05, 3.63) is 167 Å². The van der Waals surface area contributed by atoms with Crippen LogP contribution >= 0.6 is 0 Å². The molecule has 64 heavy (non-hydrogen) atoms. The first-order valence-electron chi connectivity index (χ1n) is 22.7. The van der Waals surface area contributed by atoms with E-state index in [1.807, 2.05) is 39.1 Å². The standard InChI is InChI=1S/C59H62N3O.Pt/c1-36(2)41-21-26-52(49(34-41)40-19-24-46(25-20-40)58(8,9)10)62-53-16-14-15-48(54(53)61-56(62)50-30-37(3)29-38(4)55(50)63)43-31-44(33-47(32-43)59(11,12)13)51-35-42(27-28-60-51)39-17-22-45(23-18-39)57(5,6)7;/h14-30,32-36,63H,1-13H3;/q-1;/i36D;. The zero-order valence-electron chi connectivity index (χ0n) is 40.7. The van der Waals surface area contributed by atoms with Crippen molar-refractivity contribution < 1.29 is 27.5 Å². The van der Waals surface area contributed by atoms with Crippen molar-refractivity contribution in [2.24, 2.45) is 0 Å². The Morgan fingerprint density at radius 3 is 1.83 bits per heavy atom. The molecule has 0 aliphatic rings. The predicted molar refractivity (Wildman–Crippen MR) is 266 cm³/mol. The molecule has 5 heteroatoms. The summed E-state index contributed by atoms with van der Waals surface area (Å²) in [6.07, 6.45) is 1.89. The Morgan fingerprint density at radius 2 is 1.22 bits per heavy atom. The van der Waals surface area contributed by atoms with Gasteiger partial charge in [0.25, 0.3) is 0 Å². The van der Waals surface area contributed by atoms with Crippen molar-refractivity contribution in [1.82, 2.24) is 14.5 Å². The number of para-hydroxylation sites is 1. The molecule has 8 aromatic rings. The Balaban J connectivity index is 0.00000630. The van der Waals surface area contributed by atoms with Gasteiger partial charge in [-0.15, -0.1) is 29.3 Å². The van der Waals surface area contributed by atoms with E-state index in [1.165, 1.54) is 11.1 Å². The second kappa shape index (κ2) is 17.4. The van der Waals surface area contributed by atoms with Crippen molar-refractivity contribution in [3.63, 3.8) is 0 Å². The van der Waals surface area contributed by atoms with Crippen LogP contribution in [0, 0.1) is 19.9 Å². The van der Waals surface area contributed by atoms with Crippen LogP contribution in [0.2, 0.25) is 0 Å². The minimum atomic E-state index is -0.825. The molecule has 0 bridgehead atoms. The number of rotatable bonds is 7. The minimum Gasteiger partial charge on any atom is -0.507 e. The second-order valence-electron chi connectivity index (χ2n) is 20.7. The number of phenolic OH excluding ortho intramolecular Hbond substituents is 1. The van der Waals surface area contributed by atoms with Crippen molar-refractivity contribution in [2.45, 2.75) is 112 Å². The zero-order valence-corrected chi connectivity index (χ0v) is 42.0. The van der Waals surface area contributed by atoms with Gasteiger partial charge in [0.1, 0.15) is 11.6 Å². The Morgan fingerprint density at radius 1 is 0.609 bits per heavy atom. The molecule has 0 radical (unpaired) electrons. The van der Waals surface area contributed by atoms with Gasteiger partial charge in [0.05, 0.1) is 22.3 Å². The van der Waals surface area contributed by atoms with E-state index in [0.29, 0.717) is 11.4 Å². The summed E-state index contributed by atoms with van der Waals surface area (Å²) in [5, 5.41) is 11.9.